The molecule has 10 nitrogen and oxygen atoms in total. The molecule has 1 saturated heterocycles. The summed E-state index contributed by atoms with van der Waals surface area (Å²) < 4.78 is 28.2. The van der Waals surface area contributed by atoms with Crippen LogP contribution >= 0.6 is 0 Å². The molecule has 10 heteroatoms. The van der Waals surface area contributed by atoms with E-state index in [0.29, 0.717) is 12.8 Å². The van der Waals surface area contributed by atoms with Crippen LogP contribution in [0.25, 0.3) is 0 Å². The fraction of sp³-hybridized carbons (Fsp3) is 0.500. The smallest absolute Gasteiger partial charge is 0.303 e. The molecule has 1 fully saturated rings. The van der Waals surface area contributed by atoms with Gasteiger partial charge in [-0.05, 0) is 18.4 Å². The molecular formula is C30H36O10. The second-order valence-corrected chi connectivity index (χ2v) is 9.89. The molecule has 1 heterocycles. The van der Waals surface area contributed by atoms with E-state index in [-0.39, 0.29) is 31.8 Å². The molecule has 0 saturated carbocycles. The monoisotopic (exact) mass is 556 g/mol. The second-order valence-electron chi connectivity index (χ2n) is 9.89. The minimum absolute atomic E-state index is 0.0401. The van der Waals surface area contributed by atoms with E-state index in [1.54, 1.807) is 6.08 Å². The molecule has 2 unspecified atom stereocenters. The highest BCUT2D eigenvalue weighted by Gasteiger charge is 2.52. The van der Waals surface area contributed by atoms with E-state index in [0.717, 1.165) is 11.1 Å². The zero-order valence-corrected chi connectivity index (χ0v) is 23.0. The predicted molar refractivity (Wildman–Crippen MR) is 142 cm³/mol. The van der Waals surface area contributed by atoms with Crippen LogP contribution in [0.2, 0.25) is 0 Å². The first-order valence-corrected chi connectivity index (χ1v) is 13.2. The lowest BCUT2D eigenvalue weighted by Crippen LogP contribution is -2.46. The molecule has 0 bridgehead atoms. The van der Waals surface area contributed by atoms with Gasteiger partial charge in [-0.2, -0.15) is 0 Å². The van der Waals surface area contributed by atoms with Gasteiger partial charge in [-0.1, -0.05) is 48.1 Å². The first-order valence-electron chi connectivity index (χ1n) is 13.2. The van der Waals surface area contributed by atoms with Crippen LogP contribution in [-0.2, 0) is 54.3 Å². The minimum atomic E-state index is -1.29. The number of ether oxygens (including phenoxy) is 5. The number of esters is 3. The van der Waals surface area contributed by atoms with Crippen LogP contribution < -0.4 is 0 Å². The number of Topliss-reactive ketones (excluding diaryl/α,β-unsaturated/α-hetero) is 2. The number of benzene rings is 1. The largest absolute Gasteiger partial charge is 0.462 e. The zero-order chi connectivity index (χ0) is 29.2. The summed E-state index contributed by atoms with van der Waals surface area (Å²) in [7, 11) is 0. The van der Waals surface area contributed by atoms with Crippen LogP contribution in [0.3, 0.4) is 0 Å². The van der Waals surface area contributed by atoms with Gasteiger partial charge in [0.2, 0.25) is 0 Å². The van der Waals surface area contributed by atoms with Crippen LogP contribution in [0.4, 0.5) is 0 Å². The molecule has 1 aromatic rings. The molecule has 40 heavy (non-hydrogen) atoms. The number of ketones is 2. The van der Waals surface area contributed by atoms with Crippen LogP contribution in [0.5, 0.6) is 0 Å². The van der Waals surface area contributed by atoms with Crippen molar-refractivity contribution >= 4 is 29.5 Å². The number of carbonyl (C=O) groups excluding carboxylic acids is 5. The first-order chi connectivity index (χ1) is 19.1. The summed E-state index contributed by atoms with van der Waals surface area (Å²) in [5.41, 5.74) is 1.76. The number of rotatable bonds is 13. The zero-order valence-electron chi connectivity index (χ0n) is 23.0. The normalized spacial score (nSPS) is 24.0. The number of allylic oxidation sites excluding steroid dienone is 3. The summed E-state index contributed by atoms with van der Waals surface area (Å²) in [6.07, 6.45) is -0.970. The summed E-state index contributed by atoms with van der Waals surface area (Å²) in [5.74, 6) is -3.29. The topological polar surface area (TPSA) is 132 Å². The average molecular weight is 557 g/mol. The van der Waals surface area contributed by atoms with Gasteiger partial charge in [0.1, 0.15) is 30.7 Å². The molecule has 2 aliphatic rings. The minimum Gasteiger partial charge on any atom is -0.462 e. The van der Waals surface area contributed by atoms with E-state index >= 15 is 0 Å². The van der Waals surface area contributed by atoms with Crippen LogP contribution in [0.15, 0.2) is 54.6 Å². The Kier molecular flexibility index (Phi) is 11.3. The molecule has 0 N–H and O–H groups in total. The van der Waals surface area contributed by atoms with Crippen molar-refractivity contribution in [1.29, 1.82) is 0 Å². The van der Waals surface area contributed by atoms with Gasteiger partial charge in [0.15, 0.2) is 11.9 Å². The third-order valence-corrected chi connectivity index (χ3v) is 6.68. The Morgan fingerprint density at radius 2 is 1.75 bits per heavy atom. The number of carbonyl (C=O) groups is 5. The van der Waals surface area contributed by atoms with E-state index in [9.17, 15) is 24.0 Å². The number of hydrogen-bond acceptors (Lipinski definition) is 10. The van der Waals surface area contributed by atoms with Gasteiger partial charge in [-0.3, -0.25) is 24.0 Å². The molecule has 0 spiro atoms. The van der Waals surface area contributed by atoms with E-state index in [4.69, 9.17) is 23.7 Å². The first kappa shape index (κ1) is 30.9. The fourth-order valence-corrected chi connectivity index (χ4v) is 4.97. The van der Waals surface area contributed by atoms with Crippen molar-refractivity contribution in [2.24, 2.45) is 5.92 Å². The quantitative estimate of drug-likeness (QED) is 0.203. The highest BCUT2D eigenvalue weighted by atomic mass is 16.6. The summed E-state index contributed by atoms with van der Waals surface area (Å²) in [4.78, 5) is 62.1. The van der Waals surface area contributed by atoms with Gasteiger partial charge < -0.3 is 23.7 Å². The summed E-state index contributed by atoms with van der Waals surface area (Å²) in [5, 5.41) is 0. The number of hydrogen-bond donors (Lipinski definition) is 0. The van der Waals surface area contributed by atoms with Crippen molar-refractivity contribution in [2.75, 3.05) is 6.61 Å². The van der Waals surface area contributed by atoms with Crippen molar-refractivity contribution in [2.45, 2.75) is 83.6 Å². The summed E-state index contributed by atoms with van der Waals surface area (Å²) >= 11 is 0. The Hall–Kier alpha value is -3.63. The molecule has 0 radical (unpaired) electrons. The molecule has 216 valence electrons. The Balaban J connectivity index is 1.90. The Morgan fingerprint density at radius 1 is 1.05 bits per heavy atom. The highest BCUT2D eigenvalue weighted by Crippen LogP contribution is 2.35. The van der Waals surface area contributed by atoms with Crippen LogP contribution in [-0.4, -0.2) is 66.6 Å². The van der Waals surface area contributed by atoms with Gasteiger partial charge in [-0.15, -0.1) is 6.58 Å². The third kappa shape index (κ3) is 8.69. The summed E-state index contributed by atoms with van der Waals surface area (Å²) in [6, 6.07) is 9.20. The van der Waals surface area contributed by atoms with Crippen molar-refractivity contribution in [3.8, 4) is 0 Å². The molecule has 3 rings (SSSR count). The van der Waals surface area contributed by atoms with Gasteiger partial charge in [0, 0.05) is 33.6 Å². The highest BCUT2D eigenvalue weighted by molar-refractivity contribution is 5.92. The molecule has 1 aliphatic carbocycles. The molecular weight excluding hydrogens is 520 g/mol. The third-order valence-electron chi connectivity index (χ3n) is 6.68. The SMILES string of the molecule is C=CCC1=CCC(=O)[C@@H]([C@@H](OC(C)=O)[C@@H]2OC(CC(COC(C)=O)OC(C)=O)[C@H](OCc3ccccc3)C2=O)C1. The van der Waals surface area contributed by atoms with Crippen LogP contribution in [0, 0.1) is 5.92 Å². The summed E-state index contributed by atoms with van der Waals surface area (Å²) in [6.45, 7) is 7.23. The molecule has 1 aliphatic heterocycles. The van der Waals surface area contributed by atoms with Crippen molar-refractivity contribution < 1.29 is 47.7 Å². The van der Waals surface area contributed by atoms with Crippen LogP contribution in [0.1, 0.15) is 52.0 Å². The molecule has 0 amide bonds. The fourth-order valence-electron chi connectivity index (χ4n) is 4.97. The maximum atomic E-state index is 13.8. The van der Waals surface area contributed by atoms with Crippen molar-refractivity contribution in [1.82, 2.24) is 0 Å². The Bertz CT molecular complexity index is 1120. The van der Waals surface area contributed by atoms with Gasteiger partial charge in [0.25, 0.3) is 0 Å². The lowest BCUT2D eigenvalue weighted by Gasteiger charge is -2.31. The standard InChI is InChI=1S/C30H36O10/c1-5-9-21-12-13-25(34)24(14-21)28(39-20(4)33)30-27(35)29(37-16-22-10-7-6-8-11-22)26(40-30)15-23(38-19(3)32)17-36-18(2)31/h5-8,10-12,23-24,26,28-30H,1,9,13-17H2,2-4H3/t23?,24-,26?,28+,29-,30+/m0/s1. The van der Waals surface area contributed by atoms with Crippen molar-refractivity contribution in [3.05, 3.63) is 60.2 Å². The van der Waals surface area contributed by atoms with E-state index in [1.165, 1.54) is 20.8 Å². The van der Waals surface area contributed by atoms with Gasteiger partial charge in [0.05, 0.1) is 18.6 Å². The lowest BCUT2D eigenvalue weighted by atomic mass is 9.80. The lowest BCUT2D eigenvalue weighted by molar-refractivity contribution is -0.167. The predicted octanol–water partition coefficient (Wildman–Crippen LogP) is 3.21. The van der Waals surface area contributed by atoms with E-state index < -0.39 is 60.1 Å². The molecule has 0 aromatic heterocycles. The van der Waals surface area contributed by atoms with E-state index in [1.807, 2.05) is 36.4 Å². The van der Waals surface area contributed by atoms with E-state index in [2.05, 4.69) is 6.58 Å². The maximum absolute atomic E-state index is 13.8. The average Bonchev–Trinajstić information content (AvgIpc) is 3.20. The van der Waals surface area contributed by atoms with Gasteiger partial charge in [-0.25, -0.2) is 0 Å². The Labute approximate surface area is 233 Å². The van der Waals surface area contributed by atoms with Gasteiger partial charge >= 0.3 is 17.9 Å². The molecule has 6 atom stereocenters. The maximum Gasteiger partial charge on any atom is 0.303 e. The Morgan fingerprint density at radius 3 is 2.38 bits per heavy atom. The molecule has 1 aromatic carbocycles. The van der Waals surface area contributed by atoms with Crippen molar-refractivity contribution in [3.63, 3.8) is 0 Å². The second kappa shape index (κ2) is 14.7.